The third kappa shape index (κ3) is 19.8. The van der Waals surface area contributed by atoms with Crippen LogP contribution in [0, 0.1) is 0 Å². The first-order chi connectivity index (χ1) is 17.9. The molecule has 0 rings (SSSR count). The molecule has 0 aromatic carbocycles. The average molecular weight is 568 g/mol. The Morgan fingerprint density at radius 2 is 1.16 bits per heavy atom. The lowest BCUT2D eigenvalue weighted by atomic mass is 10.1. The SMILES string of the molecule is CCCCCCCCCCCCN(CCN(CCNC(=O)CC(C(=O)O)S(=O)(=O)O)CC(=O)O)CC(=O)O. The number of carboxylic acid groups (broad SMARTS) is 3. The van der Waals surface area contributed by atoms with Crippen molar-refractivity contribution in [2.45, 2.75) is 82.8 Å². The van der Waals surface area contributed by atoms with E-state index in [0.29, 0.717) is 13.1 Å². The molecule has 0 bridgehead atoms. The van der Waals surface area contributed by atoms with Crippen LogP contribution >= 0.6 is 0 Å². The lowest BCUT2D eigenvalue weighted by Gasteiger charge is -2.26. The number of rotatable bonds is 25. The molecule has 0 aliphatic rings. The highest BCUT2D eigenvalue weighted by Gasteiger charge is 2.33. The van der Waals surface area contributed by atoms with Crippen LogP contribution in [0.5, 0.6) is 0 Å². The molecule has 222 valence electrons. The van der Waals surface area contributed by atoms with E-state index in [1.807, 2.05) is 0 Å². The van der Waals surface area contributed by atoms with Crippen LogP contribution < -0.4 is 5.32 Å². The third-order valence-electron chi connectivity index (χ3n) is 6.03. The number of unbranched alkanes of at least 4 members (excludes halogenated alkanes) is 9. The zero-order valence-electron chi connectivity index (χ0n) is 22.3. The van der Waals surface area contributed by atoms with Crippen molar-refractivity contribution in [1.29, 1.82) is 0 Å². The fourth-order valence-corrected chi connectivity index (χ4v) is 4.56. The zero-order valence-corrected chi connectivity index (χ0v) is 23.2. The van der Waals surface area contributed by atoms with Gasteiger partial charge in [-0.05, 0) is 13.0 Å². The molecule has 0 aliphatic carbocycles. The van der Waals surface area contributed by atoms with Gasteiger partial charge < -0.3 is 20.6 Å². The molecular weight excluding hydrogens is 522 g/mol. The van der Waals surface area contributed by atoms with Gasteiger partial charge in [-0.3, -0.25) is 33.5 Å². The molecule has 13 nitrogen and oxygen atoms in total. The number of aliphatic carboxylic acids is 3. The lowest BCUT2D eigenvalue weighted by Crippen LogP contribution is -2.44. The van der Waals surface area contributed by atoms with E-state index in [9.17, 15) is 37.8 Å². The fraction of sp³-hybridized carbons (Fsp3) is 0.833. The van der Waals surface area contributed by atoms with Crippen molar-refractivity contribution in [3.05, 3.63) is 0 Å². The standard InChI is InChI=1S/C24H45N3O10S/c1-2-3-4-5-6-7-8-9-10-11-13-26(18-22(29)30)15-16-27(19-23(31)32)14-12-25-21(28)17-20(24(33)34)38(35,36)37/h20H,2-19H2,1H3,(H,25,28)(H,29,30)(H,31,32)(H,33,34)(H,35,36,37). The molecule has 1 amide bonds. The van der Waals surface area contributed by atoms with Gasteiger partial charge in [0, 0.05) is 26.2 Å². The molecule has 1 unspecified atom stereocenters. The normalized spacial score (nSPS) is 12.5. The van der Waals surface area contributed by atoms with Gasteiger partial charge in [0.05, 0.1) is 19.5 Å². The van der Waals surface area contributed by atoms with E-state index in [0.717, 1.165) is 25.7 Å². The van der Waals surface area contributed by atoms with E-state index in [1.54, 1.807) is 4.90 Å². The molecule has 0 saturated heterocycles. The van der Waals surface area contributed by atoms with Crippen LogP contribution in [-0.4, -0.2) is 113 Å². The summed E-state index contributed by atoms with van der Waals surface area (Å²) < 4.78 is 31.1. The number of nitrogens with zero attached hydrogens (tertiary/aromatic N) is 2. The van der Waals surface area contributed by atoms with Crippen LogP contribution in [0.3, 0.4) is 0 Å². The second-order valence-electron chi connectivity index (χ2n) is 9.42. The highest BCUT2D eigenvalue weighted by molar-refractivity contribution is 7.87. The van der Waals surface area contributed by atoms with E-state index in [-0.39, 0.29) is 32.7 Å². The van der Waals surface area contributed by atoms with E-state index < -0.39 is 45.6 Å². The average Bonchev–Trinajstić information content (AvgIpc) is 2.80. The van der Waals surface area contributed by atoms with Gasteiger partial charge in [0.15, 0.2) is 5.25 Å². The molecule has 0 fully saturated rings. The summed E-state index contributed by atoms with van der Waals surface area (Å²) in [4.78, 5) is 48.6. The molecule has 0 spiro atoms. The minimum Gasteiger partial charge on any atom is -0.480 e. The van der Waals surface area contributed by atoms with Gasteiger partial charge in [-0.1, -0.05) is 64.7 Å². The number of carbonyl (C=O) groups is 4. The van der Waals surface area contributed by atoms with Crippen LogP contribution in [-0.2, 0) is 29.3 Å². The quantitative estimate of drug-likeness (QED) is 0.0787. The number of carboxylic acids is 3. The fourth-order valence-electron chi connectivity index (χ4n) is 3.94. The van der Waals surface area contributed by atoms with Crippen LogP contribution in [0.15, 0.2) is 0 Å². The van der Waals surface area contributed by atoms with Crippen LogP contribution in [0.4, 0.5) is 0 Å². The first kappa shape index (κ1) is 35.7. The molecule has 1 atom stereocenters. The Morgan fingerprint density at radius 3 is 1.58 bits per heavy atom. The van der Waals surface area contributed by atoms with Gasteiger partial charge in [0.2, 0.25) is 5.91 Å². The molecule has 0 aromatic rings. The molecular formula is C24H45N3O10S. The minimum atomic E-state index is -4.97. The molecule has 0 saturated carbocycles. The van der Waals surface area contributed by atoms with Gasteiger partial charge in [-0.2, -0.15) is 8.42 Å². The topological polar surface area (TPSA) is 202 Å². The summed E-state index contributed by atoms with van der Waals surface area (Å²) in [6.07, 6.45) is 10.6. The maximum atomic E-state index is 11.9. The van der Waals surface area contributed by atoms with Crippen molar-refractivity contribution in [3.8, 4) is 0 Å². The Kier molecular flexibility index (Phi) is 19.4. The van der Waals surface area contributed by atoms with E-state index in [4.69, 9.17) is 9.66 Å². The van der Waals surface area contributed by atoms with E-state index >= 15 is 0 Å². The number of amides is 1. The third-order valence-corrected chi connectivity index (χ3v) is 7.12. The maximum absolute atomic E-state index is 11.9. The van der Waals surface area contributed by atoms with E-state index in [1.165, 1.54) is 43.4 Å². The summed E-state index contributed by atoms with van der Waals surface area (Å²) in [7, 11) is -4.97. The maximum Gasteiger partial charge on any atom is 0.324 e. The molecule has 0 aromatic heterocycles. The van der Waals surface area contributed by atoms with Crippen molar-refractivity contribution >= 4 is 33.9 Å². The molecule has 38 heavy (non-hydrogen) atoms. The Bertz CT molecular complexity index is 822. The minimum absolute atomic E-state index is 0.0564. The van der Waals surface area contributed by atoms with Gasteiger partial charge in [-0.25, -0.2) is 0 Å². The molecule has 14 heteroatoms. The Balaban J connectivity index is 4.55. The summed E-state index contributed by atoms with van der Waals surface area (Å²) in [5.74, 6) is -4.90. The first-order valence-corrected chi connectivity index (χ1v) is 14.7. The number of hydrogen-bond donors (Lipinski definition) is 5. The van der Waals surface area contributed by atoms with Crippen molar-refractivity contribution in [2.24, 2.45) is 0 Å². The first-order valence-electron chi connectivity index (χ1n) is 13.2. The van der Waals surface area contributed by atoms with Crippen LogP contribution in [0.25, 0.3) is 0 Å². The summed E-state index contributed by atoms with van der Waals surface area (Å²) >= 11 is 0. The smallest absolute Gasteiger partial charge is 0.324 e. The van der Waals surface area contributed by atoms with Gasteiger partial charge >= 0.3 is 17.9 Å². The molecule has 0 aliphatic heterocycles. The number of hydrogen-bond acceptors (Lipinski definition) is 8. The Hall–Kier alpha value is -2.29. The predicted octanol–water partition coefficient (Wildman–Crippen LogP) is 1.53. The van der Waals surface area contributed by atoms with Crippen LogP contribution in [0.1, 0.15) is 77.6 Å². The Labute approximate surface area is 225 Å². The highest BCUT2D eigenvalue weighted by Crippen LogP contribution is 2.11. The second-order valence-corrected chi connectivity index (χ2v) is 11.0. The van der Waals surface area contributed by atoms with Crippen molar-refractivity contribution in [2.75, 3.05) is 45.8 Å². The second kappa shape index (κ2) is 20.6. The van der Waals surface area contributed by atoms with Crippen molar-refractivity contribution in [1.82, 2.24) is 15.1 Å². The monoisotopic (exact) mass is 567 g/mol. The van der Waals surface area contributed by atoms with Crippen molar-refractivity contribution in [3.63, 3.8) is 0 Å². The predicted molar refractivity (Wildman–Crippen MR) is 141 cm³/mol. The van der Waals surface area contributed by atoms with E-state index in [2.05, 4.69) is 12.2 Å². The van der Waals surface area contributed by atoms with Crippen molar-refractivity contribution < 1.29 is 47.5 Å². The summed E-state index contributed by atoms with van der Waals surface area (Å²) in [5.41, 5.74) is 0. The largest absolute Gasteiger partial charge is 0.480 e. The summed E-state index contributed by atoms with van der Waals surface area (Å²) in [6.45, 7) is 2.69. The molecule has 0 heterocycles. The van der Waals surface area contributed by atoms with Gasteiger partial charge in [0.25, 0.3) is 10.1 Å². The Morgan fingerprint density at radius 1 is 0.711 bits per heavy atom. The molecule has 0 radical (unpaired) electrons. The number of nitrogens with one attached hydrogen (secondary N) is 1. The lowest BCUT2D eigenvalue weighted by molar-refractivity contribution is -0.140. The molecule has 5 N–H and O–H groups in total. The number of carbonyl (C=O) groups excluding carboxylic acids is 1. The highest BCUT2D eigenvalue weighted by atomic mass is 32.2. The summed E-state index contributed by atoms with van der Waals surface area (Å²) in [5, 5.41) is 27.3. The zero-order chi connectivity index (χ0) is 29.0. The summed E-state index contributed by atoms with van der Waals surface area (Å²) in [6, 6.07) is 0. The van der Waals surface area contributed by atoms with Gasteiger partial charge in [-0.15, -0.1) is 0 Å². The van der Waals surface area contributed by atoms with Crippen LogP contribution in [0.2, 0.25) is 0 Å². The van der Waals surface area contributed by atoms with Gasteiger partial charge in [0.1, 0.15) is 0 Å².